The molecule has 1 saturated heterocycles. The molecule has 1 aliphatic rings. The first kappa shape index (κ1) is 14.4. The van der Waals surface area contributed by atoms with Gasteiger partial charge in [0.05, 0.1) is 18.9 Å². The zero-order valence-electron chi connectivity index (χ0n) is 12.3. The largest absolute Gasteiger partial charge is 0.497 e. The summed E-state index contributed by atoms with van der Waals surface area (Å²) in [5, 5.41) is 9.39. The number of hydrogen-bond acceptors (Lipinski definition) is 5. The molecule has 1 fully saturated rings. The van der Waals surface area contributed by atoms with Crippen molar-refractivity contribution in [1.82, 2.24) is 14.8 Å². The molecule has 0 saturated carbocycles. The molecular formula is C15H19N3O2S. The smallest absolute Gasteiger partial charge is 0.195 e. The molecule has 1 aromatic carbocycles. The van der Waals surface area contributed by atoms with E-state index in [1.807, 2.05) is 31.2 Å². The van der Waals surface area contributed by atoms with Crippen LogP contribution in [0.1, 0.15) is 18.7 Å². The van der Waals surface area contributed by atoms with Gasteiger partial charge in [-0.1, -0.05) is 17.8 Å². The lowest BCUT2D eigenvalue weighted by Gasteiger charge is -2.11. The number of ether oxygens (including phenoxy) is 2. The van der Waals surface area contributed by atoms with Gasteiger partial charge in [0.2, 0.25) is 0 Å². The fraction of sp³-hybridized carbons (Fsp3) is 0.467. The van der Waals surface area contributed by atoms with Crippen molar-refractivity contribution >= 4 is 11.8 Å². The summed E-state index contributed by atoms with van der Waals surface area (Å²) in [6.45, 7) is 2.84. The topological polar surface area (TPSA) is 49.2 Å². The minimum absolute atomic E-state index is 0.339. The molecule has 0 aliphatic carbocycles. The number of benzene rings is 1. The Labute approximate surface area is 128 Å². The van der Waals surface area contributed by atoms with Crippen LogP contribution in [0.25, 0.3) is 5.69 Å². The number of nitrogens with zero attached hydrogens (tertiary/aromatic N) is 3. The summed E-state index contributed by atoms with van der Waals surface area (Å²) in [6.07, 6.45) is 2.64. The third kappa shape index (κ3) is 3.22. The van der Waals surface area contributed by atoms with E-state index >= 15 is 0 Å². The molecule has 1 unspecified atom stereocenters. The number of methoxy groups -OCH3 is 1. The van der Waals surface area contributed by atoms with Gasteiger partial charge in [0, 0.05) is 18.4 Å². The molecule has 2 heterocycles. The Kier molecular flexibility index (Phi) is 4.45. The first-order chi connectivity index (χ1) is 10.3. The normalized spacial score (nSPS) is 18.1. The van der Waals surface area contributed by atoms with Gasteiger partial charge in [-0.3, -0.25) is 4.57 Å². The van der Waals surface area contributed by atoms with Crippen LogP contribution in [0.4, 0.5) is 0 Å². The van der Waals surface area contributed by atoms with Crippen LogP contribution in [0.5, 0.6) is 5.75 Å². The Morgan fingerprint density at radius 2 is 2.33 bits per heavy atom. The van der Waals surface area contributed by atoms with E-state index in [1.54, 1.807) is 18.9 Å². The number of aromatic nitrogens is 3. The van der Waals surface area contributed by atoms with Gasteiger partial charge in [0.25, 0.3) is 0 Å². The molecule has 0 amide bonds. The molecule has 5 nitrogen and oxygen atoms in total. The van der Waals surface area contributed by atoms with Gasteiger partial charge in [0.15, 0.2) is 5.16 Å². The summed E-state index contributed by atoms with van der Waals surface area (Å²) in [4.78, 5) is 0. The minimum atomic E-state index is 0.339. The van der Waals surface area contributed by atoms with Crippen molar-refractivity contribution in [3.05, 3.63) is 30.1 Å². The Bertz CT molecular complexity index is 609. The van der Waals surface area contributed by atoms with Crippen LogP contribution in [0.3, 0.4) is 0 Å². The predicted octanol–water partition coefficient (Wildman–Crippen LogP) is 2.86. The summed E-state index contributed by atoms with van der Waals surface area (Å²) in [5.41, 5.74) is 1.02. The Morgan fingerprint density at radius 1 is 1.43 bits per heavy atom. The molecule has 21 heavy (non-hydrogen) atoms. The number of rotatable bonds is 5. The maximum atomic E-state index is 5.67. The monoisotopic (exact) mass is 305 g/mol. The summed E-state index contributed by atoms with van der Waals surface area (Å²) in [6, 6.07) is 7.94. The quantitative estimate of drug-likeness (QED) is 0.795. The van der Waals surface area contributed by atoms with Gasteiger partial charge in [-0.15, -0.1) is 10.2 Å². The molecular weight excluding hydrogens is 286 g/mol. The Balaban J connectivity index is 1.82. The predicted molar refractivity (Wildman–Crippen MR) is 82.3 cm³/mol. The zero-order chi connectivity index (χ0) is 14.7. The van der Waals surface area contributed by atoms with E-state index < -0.39 is 0 Å². The second kappa shape index (κ2) is 6.49. The first-order valence-electron chi connectivity index (χ1n) is 7.09. The Morgan fingerprint density at radius 3 is 3.10 bits per heavy atom. The molecule has 1 aromatic heterocycles. The van der Waals surface area contributed by atoms with Crippen LogP contribution in [0.15, 0.2) is 29.4 Å². The molecule has 0 N–H and O–H groups in total. The average molecular weight is 305 g/mol. The van der Waals surface area contributed by atoms with Crippen LogP contribution in [0.2, 0.25) is 0 Å². The van der Waals surface area contributed by atoms with Crippen molar-refractivity contribution in [2.45, 2.75) is 31.0 Å². The van der Waals surface area contributed by atoms with Gasteiger partial charge in [-0.05, 0) is 31.9 Å². The van der Waals surface area contributed by atoms with Crippen molar-refractivity contribution in [2.24, 2.45) is 0 Å². The minimum Gasteiger partial charge on any atom is -0.497 e. The Hall–Kier alpha value is -1.53. The van der Waals surface area contributed by atoms with Gasteiger partial charge in [0.1, 0.15) is 11.6 Å². The molecule has 1 aliphatic heterocycles. The average Bonchev–Trinajstić information content (AvgIpc) is 3.14. The van der Waals surface area contributed by atoms with Crippen molar-refractivity contribution in [2.75, 3.05) is 19.5 Å². The fourth-order valence-electron chi connectivity index (χ4n) is 2.43. The van der Waals surface area contributed by atoms with Crippen molar-refractivity contribution in [3.63, 3.8) is 0 Å². The van der Waals surface area contributed by atoms with Crippen LogP contribution >= 0.6 is 11.8 Å². The number of hydrogen-bond donors (Lipinski definition) is 0. The van der Waals surface area contributed by atoms with E-state index in [9.17, 15) is 0 Å². The van der Waals surface area contributed by atoms with Crippen LogP contribution < -0.4 is 4.74 Å². The number of thioether (sulfide) groups is 1. The molecule has 0 bridgehead atoms. The van der Waals surface area contributed by atoms with E-state index in [0.717, 1.165) is 47.6 Å². The van der Waals surface area contributed by atoms with Gasteiger partial charge >= 0.3 is 0 Å². The molecule has 2 aromatic rings. The van der Waals surface area contributed by atoms with Crippen LogP contribution in [-0.2, 0) is 4.74 Å². The van der Waals surface area contributed by atoms with E-state index in [-0.39, 0.29) is 0 Å². The van der Waals surface area contributed by atoms with E-state index in [2.05, 4.69) is 14.8 Å². The summed E-state index contributed by atoms with van der Waals surface area (Å²) in [7, 11) is 1.67. The first-order valence-corrected chi connectivity index (χ1v) is 8.07. The second-order valence-electron chi connectivity index (χ2n) is 5.01. The fourth-order valence-corrected chi connectivity index (χ4v) is 3.49. The summed E-state index contributed by atoms with van der Waals surface area (Å²) < 4.78 is 13.0. The molecule has 1 atom stereocenters. The second-order valence-corrected chi connectivity index (χ2v) is 6.00. The highest BCUT2D eigenvalue weighted by atomic mass is 32.2. The molecule has 3 rings (SSSR count). The van der Waals surface area contributed by atoms with Crippen molar-refractivity contribution in [3.8, 4) is 11.4 Å². The van der Waals surface area contributed by atoms with E-state index in [1.165, 1.54) is 0 Å². The van der Waals surface area contributed by atoms with Gasteiger partial charge < -0.3 is 9.47 Å². The highest BCUT2D eigenvalue weighted by Crippen LogP contribution is 2.26. The standard InChI is InChI=1S/C15H19N3O2S/c1-11-16-17-15(21-10-14-7-4-8-20-14)18(11)12-5-3-6-13(9-12)19-2/h3,5-6,9,14H,4,7-8,10H2,1-2H3. The van der Waals surface area contributed by atoms with Crippen molar-refractivity contribution < 1.29 is 9.47 Å². The summed E-state index contributed by atoms with van der Waals surface area (Å²) in [5.74, 6) is 2.62. The summed E-state index contributed by atoms with van der Waals surface area (Å²) >= 11 is 1.70. The SMILES string of the molecule is COc1cccc(-n2c(C)nnc2SCC2CCCO2)c1. The lowest BCUT2D eigenvalue weighted by atomic mass is 10.3. The zero-order valence-corrected chi connectivity index (χ0v) is 13.1. The van der Waals surface area contributed by atoms with Gasteiger partial charge in [-0.2, -0.15) is 0 Å². The highest BCUT2D eigenvalue weighted by Gasteiger charge is 2.18. The molecule has 112 valence electrons. The third-order valence-corrected chi connectivity index (χ3v) is 4.59. The maximum Gasteiger partial charge on any atom is 0.195 e. The molecule has 6 heteroatoms. The van der Waals surface area contributed by atoms with E-state index in [0.29, 0.717) is 6.10 Å². The van der Waals surface area contributed by atoms with Gasteiger partial charge in [-0.25, -0.2) is 0 Å². The van der Waals surface area contributed by atoms with E-state index in [4.69, 9.17) is 9.47 Å². The van der Waals surface area contributed by atoms with Crippen molar-refractivity contribution in [1.29, 1.82) is 0 Å². The molecule has 0 radical (unpaired) electrons. The maximum absolute atomic E-state index is 5.67. The highest BCUT2D eigenvalue weighted by molar-refractivity contribution is 7.99. The van der Waals surface area contributed by atoms with Crippen LogP contribution in [0, 0.1) is 6.92 Å². The lowest BCUT2D eigenvalue weighted by Crippen LogP contribution is -2.09. The lowest BCUT2D eigenvalue weighted by molar-refractivity contribution is 0.129. The van der Waals surface area contributed by atoms with Crippen LogP contribution in [-0.4, -0.2) is 40.3 Å². The molecule has 0 spiro atoms. The third-order valence-electron chi connectivity index (χ3n) is 3.53. The number of aryl methyl sites for hydroxylation is 1.